The predicted octanol–water partition coefficient (Wildman–Crippen LogP) is -0.368. The molecule has 1 fully saturated rings. The Kier molecular flexibility index (Phi) is 4.73. The minimum Gasteiger partial charge on any atom is -0.341 e. The quantitative estimate of drug-likeness (QED) is 0.740. The second kappa shape index (κ2) is 5.63. The van der Waals surface area contributed by atoms with E-state index in [1.807, 2.05) is 13.8 Å². The molecule has 0 bridgehead atoms. The van der Waals surface area contributed by atoms with Gasteiger partial charge in [-0.25, -0.2) is 8.42 Å². The molecule has 1 aliphatic heterocycles. The lowest BCUT2D eigenvalue weighted by Gasteiger charge is -2.20. The van der Waals surface area contributed by atoms with E-state index in [2.05, 4.69) is 5.32 Å². The van der Waals surface area contributed by atoms with Crippen molar-refractivity contribution in [3.8, 4) is 0 Å². The number of rotatable bonds is 3. The predicted molar refractivity (Wildman–Crippen MR) is 63.0 cm³/mol. The van der Waals surface area contributed by atoms with Crippen LogP contribution in [0.15, 0.2) is 0 Å². The summed E-state index contributed by atoms with van der Waals surface area (Å²) in [6, 6.07) is 0.264. The summed E-state index contributed by atoms with van der Waals surface area (Å²) in [4.78, 5) is 13.4. The first-order valence-electron chi connectivity index (χ1n) is 5.62. The van der Waals surface area contributed by atoms with Crippen molar-refractivity contribution >= 4 is 15.7 Å². The molecule has 1 rings (SSSR count). The fourth-order valence-corrected chi connectivity index (χ4v) is 2.86. The van der Waals surface area contributed by atoms with E-state index in [-0.39, 0.29) is 30.0 Å². The van der Waals surface area contributed by atoms with Crippen molar-refractivity contribution in [1.29, 1.82) is 0 Å². The molecule has 0 unspecified atom stereocenters. The van der Waals surface area contributed by atoms with Crippen molar-refractivity contribution in [2.45, 2.75) is 26.3 Å². The van der Waals surface area contributed by atoms with E-state index in [4.69, 9.17) is 0 Å². The number of sulfone groups is 1. The molecule has 0 aromatic rings. The molecule has 1 amide bonds. The molecule has 1 aliphatic rings. The summed E-state index contributed by atoms with van der Waals surface area (Å²) in [5.74, 6) is 0.292. The monoisotopic (exact) mass is 248 g/mol. The normalized spacial score (nSPS) is 20.8. The van der Waals surface area contributed by atoms with E-state index >= 15 is 0 Å². The van der Waals surface area contributed by atoms with Crippen LogP contribution in [-0.2, 0) is 14.6 Å². The second-order valence-electron chi connectivity index (χ2n) is 4.42. The number of carbonyl (C=O) groups excluding carboxylic acids is 1. The fourth-order valence-electron chi connectivity index (χ4n) is 1.59. The van der Waals surface area contributed by atoms with Crippen molar-refractivity contribution < 1.29 is 13.2 Å². The van der Waals surface area contributed by atoms with E-state index in [0.29, 0.717) is 19.5 Å². The lowest BCUT2D eigenvalue weighted by molar-refractivity contribution is -0.130. The summed E-state index contributed by atoms with van der Waals surface area (Å²) in [7, 11) is -2.93. The SMILES string of the molecule is CC(C)NCC(=O)N1CCCS(=O)(=O)CC1. The van der Waals surface area contributed by atoms with Gasteiger partial charge in [0.1, 0.15) is 0 Å². The van der Waals surface area contributed by atoms with Gasteiger partial charge in [0.2, 0.25) is 5.91 Å². The number of hydrogen-bond acceptors (Lipinski definition) is 4. The summed E-state index contributed by atoms with van der Waals surface area (Å²) in [6.45, 7) is 5.12. The molecular formula is C10H20N2O3S. The number of nitrogens with zero attached hydrogens (tertiary/aromatic N) is 1. The minimum atomic E-state index is -2.93. The Morgan fingerprint density at radius 2 is 2.00 bits per heavy atom. The Labute approximate surface area is 97.1 Å². The molecule has 0 aromatic carbocycles. The van der Waals surface area contributed by atoms with E-state index in [0.717, 1.165) is 0 Å². The smallest absolute Gasteiger partial charge is 0.236 e. The molecule has 0 spiro atoms. The van der Waals surface area contributed by atoms with Crippen molar-refractivity contribution in [3.63, 3.8) is 0 Å². The third-order valence-corrected chi connectivity index (χ3v) is 4.29. The molecule has 0 aliphatic carbocycles. The second-order valence-corrected chi connectivity index (χ2v) is 6.73. The maximum atomic E-state index is 11.7. The Morgan fingerprint density at radius 3 is 2.62 bits per heavy atom. The molecule has 0 atom stereocenters. The van der Waals surface area contributed by atoms with Crippen molar-refractivity contribution in [1.82, 2.24) is 10.2 Å². The minimum absolute atomic E-state index is 0.00852. The Bertz CT molecular complexity index is 338. The molecule has 16 heavy (non-hydrogen) atoms. The van der Waals surface area contributed by atoms with Gasteiger partial charge in [0.15, 0.2) is 9.84 Å². The van der Waals surface area contributed by atoms with Gasteiger partial charge in [0.25, 0.3) is 0 Å². The van der Waals surface area contributed by atoms with Gasteiger partial charge in [-0.05, 0) is 6.42 Å². The zero-order chi connectivity index (χ0) is 12.2. The topological polar surface area (TPSA) is 66.5 Å². The van der Waals surface area contributed by atoms with Gasteiger partial charge in [-0.2, -0.15) is 0 Å². The van der Waals surface area contributed by atoms with E-state index in [1.54, 1.807) is 4.90 Å². The van der Waals surface area contributed by atoms with E-state index in [9.17, 15) is 13.2 Å². The van der Waals surface area contributed by atoms with Crippen LogP contribution < -0.4 is 5.32 Å². The van der Waals surface area contributed by atoms with Crippen LogP contribution in [0.1, 0.15) is 20.3 Å². The van der Waals surface area contributed by atoms with Crippen LogP contribution in [0.25, 0.3) is 0 Å². The zero-order valence-electron chi connectivity index (χ0n) is 9.90. The molecule has 94 valence electrons. The third kappa shape index (κ3) is 4.49. The van der Waals surface area contributed by atoms with Crippen molar-refractivity contribution in [2.24, 2.45) is 0 Å². The Morgan fingerprint density at radius 1 is 1.31 bits per heavy atom. The Hall–Kier alpha value is -0.620. The zero-order valence-corrected chi connectivity index (χ0v) is 10.7. The van der Waals surface area contributed by atoms with Crippen LogP contribution in [0.2, 0.25) is 0 Å². The van der Waals surface area contributed by atoms with Crippen LogP contribution >= 0.6 is 0 Å². The maximum absolute atomic E-state index is 11.7. The first kappa shape index (κ1) is 13.4. The van der Waals surface area contributed by atoms with Gasteiger partial charge in [-0.3, -0.25) is 4.79 Å². The summed E-state index contributed by atoms with van der Waals surface area (Å²) in [5.41, 5.74) is 0. The van der Waals surface area contributed by atoms with Gasteiger partial charge in [-0.15, -0.1) is 0 Å². The average Bonchev–Trinajstić information content (AvgIpc) is 2.35. The highest BCUT2D eigenvalue weighted by Gasteiger charge is 2.22. The average molecular weight is 248 g/mol. The van der Waals surface area contributed by atoms with Crippen LogP contribution in [0, 0.1) is 0 Å². The highest BCUT2D eigenvalue weighted by Crippen LogP contribution is 2.04. The highest BCUT2D eigenvalue weighted by molar-refractivity contribution is 7.91. The fraction of sp³-hybridized carbons (Fsp3) is 0.900. The molecule has 0 saturated carbocycles. The van der Waals surface area contributed by atoms with Gasteiger partial charge in [-0.1, -0.05) is 13.8 Å². The van der Waals surface area contributed by atoms with Gasteiger partial charge in [0, 0.05) is 19.1 Å². The maximum Gasteiger partial charge on any atom is 0.236 e. The van der Waals surface area contributed by atoms with E-state index < -0.39 is 9.84 Å². The van der Waals surface area contributed by atoms with Gasteiger partial charge < -0.3 is 10.2 Å². The molecular weight excluding hydrogens is 228 g/mol. The number of hydrogen-bond donors (Lipinski definition) is 1. The highest BCUT2D eigenvalue weighted by atomic mass is 32.2. The number of amides is 1. The number of carbonyl (C=O) groups is 1. The lowest BCUT2D eigenvalue weighted by Crippen LogP contribution is -2.41. The van der Waals surface area contributed by atoms with Gasteiger partial charge in [0.05, 0.1) is 18.1 Å². The van der Waals surface area contributed by atoms with Crippen LogP contribution in [-0.4, -0.2) is 56.4 Å². The first-order valence-corrected chi connectivity index (χ1v) is 7.44. The molecule has 5 nitrogen and oxygen atoms in total. The third-order valence-electron chi connectivity index (χ3n) is 2.57. The largest absolute Gasteiger partial charge is 0.341 e. The van der Waals surface area contributed by atoms with Crippen molar-refractivity contribution in [3.05, 3.63) is 0 Å². The number of nitrogens with one attached hydrogen (secondary N) is 1. The summed E-state index contributed by atoms with van der Waals surface area (Å²) in [5, 5.41) is 3.04. The summed E-state index contributed by atoms with van der Waals surface area (Å²) < 4.78 is 22.7. The molecule has 1 heterocycles. The first-order chi connectivity index (χ1) is 7.41. The van der Waals surface area contributed by atoms with Crippen molar-refractivity contribution in [2.75, 3.05) is 31.1 Å². The van der Waals surface area contributed by atoms with Crippen LogP contribution in [0.5, 0.6) is 0 Å². The Balaban J connectivity index is 2.45. The molecule has 0 aromatic heterocycles. The molecule has 0 radical (unpaired) electrons. The molecule has 6 heteroatoms. The standard InChI is InChI=1S/C10H20N2O3S/c1-9(2)11-8-10(13)12-4-3-6-16(14,15)7-5-12/h9,11H,3-8H2,1-2H3. The summed E-state index contributed by atoms with van der Waals surface area (Å²) in [6.07, 6.45) is 0.551. The molecule has 1 saturated heterocycles. The van der Waals surface area contributed by atoms with Crippen LogP contribution in [0.4, 0.5) is 0 Å². The van der Waals surface area contributed by atoms with Crippen LogP contribution in [0.3, 0.4) is 0 Å². The van der Waals surface area contributed by atoms with E-state index in [1.165, 1.54) is 0 Å². The summed E-state index contributed by atoms with van der Waals surface area (Å²) >= 11 is 0. The molecule has 1 N–H and O–H groups in total. The van der Waals surface area contributed by atoms with Gasteiger partial charge >= 0.3 is 0 Å². The lowest BCUT2D eigenvalue weighted by atomic mass is 10.3.